The summed E-state index contributed by atoms with van der Waals surface area (Å²) < 4.78 is 128. The quantitative estimate of drug-likeness (QED) is 0.0529. The lowest BCUT2D eigenvalue weighted by molar-refractivity contribution is -0.144. The van der Waals surface area contributed by atoms with Crippen molar-refractivity contribution in [2.24, 2.45) is 0 Å². The zero-order chi connectivity index (χ0) is 43.7. The maximum Gasteiger partial charge on any atom is 0.419 e. The summed E-state index contributed by atoms with van der Waals surface area (Å²) in [7, 11) is 1.56. The van der Waals surface area contributed by atoms with Crippen LogP contribution in [-0.2, 0) is 44.3 Å². The molecule has 0 spiro atoms. The number of esters is 1. The Morgan fingerprint density at radius 2 is 1.61 bits per heavy atom. The van der Waals surface area contributed by atoms with Crippen LogP contribution < -0.4 is 10.9 Å². The van der Waals surface area contributed by atoms with E-state index in [4.69, 9.17) is 9.47 Å². The van der Waals surface area contributed by atoms with Gasteiger partial charge in [-0.05, 0) is 117 Å². The third-order valence-corrected chi connectivity index (χ3v) is 10.2. The maximum absolute atomic E-state index is 16.3. The molecule has 0 bridgehead atoms. The Labute approximate surface area is 337 Å². The number of carbonyl (C=O) groups excluding carboxylic acids is 2. The largest absolute Gasteiger partial charge is 0.466 e. The second kappa shape index (κ2) is 20.4. The monoisotopic (exact) mass is 839 g/mol. The van der Waals surface area contributed by atoms with Crippen LogP contribution in [0.3, 0.4) is 0 Å². The summed E-state index contributed by atoms with van der Waals surface area (Å²) in [5.41, 5.74) is -4.57. The average Bonchev–Trinajstić information content (AvgIpc) is 3.12. The van der Waals surface area contributed by atoms with Crippen LogP contribution >= 0.6 is 0 Å². The topological polar surface area (TPSA) is 89.9 Å². The third kappa shape index (κ3) is 12.1. The number of ether oxygens (including phenoxy) is 2. The van der Waals surface area contributed by atoms with Crippen LogP contribution in [0.25, 0.3) is 11.1 Å². The number of nitrogens with zero attached hydrogens (tertiary/aromatic N) is 2. The van der Waals surface area contributed by atoms with Crippen molar-refractivity contribution in [1.82, 2.24) is 14.8 Å². The minimum absolute atomic E-state index is 0.0198. The minimum Gasteiger partial charge on any atom is -0.466 e. The van der Waals surface area contributed by atoms with Crippen LogP contribution in [0.1, 0.15) is 90.9 Å². The summed E-state index contributed by atoms with van der Waals surface area (Å²) >= 11 is 0. The van der Waals surface area contributed by atoms with Crippen molar-refractivity contribution in [3.63, 3.8) is 0 Å². The number of amides is 1. The van der Waals surface area contributed by atoms with E-state index in [2.05, 4.69) is 18.5 Å². The van der Waals surface area contributed by atoms with E-state index in [0.717, 1.165) is 22.9 Å². The Bertz CT molecular complexity index is 2040. The normalized spacial score (nSPS) is 14.7. The van der Waals surface area contributed by atoms with Gasteiger partial charge >= 0.3 is 18.3 Å². The van der Waals surface area contributed by atoms with Gasteiger partial charge in [0.15, 0.2) is 0 Å². The first-order valence-electron chi connectivity index (χ1n) is 19.3. The van der Waals surface area contributed by atoms with Gasteiger partial charge in [0.1, 0.15) is 17.7 Å². The van der Waals surface area contributed by atoms with Crippen LogP contribution in [-0.4, -0.2) is 60.8 Å². The summed E-state index contributed by atoms with van der Waals surface area (Å²) in [4.78, 5) is 42.4. The summed E-state index contributed by atoms with van der Waals surface area (Å²) in [6.45, 7) is 11.7. The van der Waals surface area contributed by atoms with Crippen LogP contribution in [0.2, 0.25) is 0 Å². The van der Waals surface area contributed by atoms with Crippen molar-refractivity contribution in [2.45, 2.75) is 95.8 Å². The molecule has 1 N–H and O–H groups in total. The van der Waals surface area contributed by atoms with Crippen LogP contribution in [0.4, 0.5) is 35.1 Å². The Morgan fingerprint density at radius 1 is 0.932 bits per heavy atom. The van der Waals surface area contributed by atoms with E-state index in [1.54, 1.807) is 13.2 Å². The number of hydrogen-bond donors (Lipinski definition) is 1. The van der Waals surface area contributed by atoms with Crippen molar-refractivity contribution in [3.05, 3.63) is 117 Å². The van der Waals surface area contributed by atoms with Crippen LogP contribution in [0, 0.1) is 18.6 Å². The van der Waals surface area contributed by atoms with E-state index in [1.165, 1.54) is 26.0 Å². The van der Waals surface area contributed by atoms with Gasteiger partial charge in [-0.15, -0.1) is 13.2 Å². The van der Waals surface area contributed by atoms with Crippen molar-refractivity contribution in [3.8, 4) is 11.1 Å². The number of aryl methyl sites for hydroxylation is 3. The fourth-order valence-electron chi connectivity index (χ4n) is 7.32. The molecule has 1 aliphatic heterocycles. The molecular weight excluding hydrogens is 790 g/mol. The first-order chi connectivity index (χ1) is 27.8. The predicted molar refractivity (Wildman–Crippen MR) is 207 cm³/mol. The van der Waals surface area contributed by atoms with E-state index in [1.807, 2.05) is 4.90 Å². The van der Waals surface area contributed by atoms with E-state index in [0.29, 0.717) is 56.6 Å². The number of likely N-dealkylation sites (tertiary alicyclic amines) is 1. The highest BCUT2D eigenvalue weighted by Crippen LogP contribution is 2.41. The SMILES string of the molecule is C=CCCCCc1cc(F)cc(C)c1-c1cc([C@H](CC(=O)OCC)NC(=O)[C@H](CC=C)n2cc(CCCN3CC(OC)C3)c(C(F)(F)F)cc2=O)c(F)c(C(F)(F)F)c1. The second-order valence-electron chi connectivity index (χ2n) is 14.5. The molecule has 322 valence electrons. The van der Waals surface area contributed by atoms with Gasteiger partial charge < -0.3 is 19.4 Å². The average molecular weight is 840 g/mol. The lowest BCUT2D eigenvalue weighted by Crippen LogP contribution is -2.51. The van der Waals surface area contributed by atoms with Gasteiger partial charge in [-0.1, -0.05) is 12.2 Å². The maximum atomic E-state index is 16.3. The number of alkyl halides is 6. The number of methoxy groups -OCH3 is 1. The molecule has 1 saturated heterocycles. The number of halogens is 8. The van der Waals surface area contributed by atoms with E-state index < -0.39 is 76.6 Å². The molecule has 1 fully saturated rings. The fraction of sp³-hybridized carbons (Fsp3) is 0.465. The highest BCUT2D eigenvalue weighted by atomic mass is 19.4. The lowest BCUT2D eigenvalue weighted by atomic mass is 9.88. The predicted octanol–water partition coefficient (Wildman–Crippen LogP) is 9.23. The molecule has 3 aromatic rings. The molecule has 1 amide bonds. The van der Waals surface area contributed by atoms with Gasteiger partial charge in [-0.25, -0.2) is 8.78 Å². The minimum atomic E-state index is -5.28. The van der Waals surface area contributed by atoms with Crippen LogP contribution in [0.5, 0.6) is 0 Å². The van der Waals surface area contributed by atoms with E-state index in [9.17, 15) is 45.1 Å². The number of aromatic nitrogens is 1. The molecule has 0 aliphatic carbocycles. The number of allylic oxidation sites excluding steroid dienone is 2. The van der Waals surface area contributed by atoms with Gasteiger partial charge in [0.05, 0.1) is 36.3 Å². The number of carbonyl (C=O) groups is 2. The van der Waals surface area contributed by atoms with Gasteiger partial charge in [0, 0.05) is 38.0 Å². The summed E-state index contributed by atoms with van der Waals surface area (Å²) in [6.07, 6.45) is -5.39. The molecule has 0 unspecified atom stereocenters. The zero-order valence-electron chi connectivity index (χ0n) is 33.2. The molecule has 2 aromatic carbocycles. The van der Waals surface area contributed by atoms with E-state index >= 15 is 4.39 Å². The number of unbranched alkanes of at least 4 members (excludes halogenated alkanes) is 2. The summed E-state index contributed by atoms with van der Waals surface area (Å²) in [6, 6.07) is 0.827. The molecule has 2 atom stereocenters. The Balaban J connectivity index is 1.82. The number of benzene rings is 2. The Morgan fingerprint density at radius 3 is 2.22 bits per heavy atom. The molecule has 0 saturated carbocycles. The Hall–Kier alpha value is -4.83. The molecule has 2 heterocycles. The van der Waals surface area contributed by atoms with Crippen molar-refractivity contribution >= 4 is 11.9 Å². The number of hydrogen-bond acceptors (Lipinski definition) is 6. The highest BCUT2D eigenvalue weighted by molar-refractivity contribution is 5.82. The van der Waals surface area contributed by atoms with E-state index in [-0.39, 0.29) is 60.6 Å². The van der Waals surface area contributed by atoms with Gasteiger partial charge in [-0.3, -0.25) is 19.3 Å². The molecule has 0 radical (unpaired) electrons. The third-order valence-electron chi connectivity index (χ3n) is 10.2. The zero-order valence-corrected chi connectivity index (χ0v) is 33.2. The molecule has 1 aromatic heterocycles. The number of nitrogens with one attached hydrogen (secondary N) is 1. The first kappa shape index (κ1) is 46.9. The van der Waals surface area contributed by atoms with Gasteiger partial charge in [0.25, 0.3) is 5.56 Å². The lowest BCUT2D eigenvalue weighted by Gasteiger charge is -2.38. The van der Waals surface area contributed by atoms with Gasteiger partial charge in [0.2, 0.25) is 5.91 Å². The van der Waals surface area contributed by atoms with Crippen LogP contribution in [0.15, 0.2) is 66.6 Å². The Kier molecular flexibility index (Phi) is 16.2. The number of pyridine rings is 1. The molecular formula is C43H49F8N3O5. The molecule has 8 nitrogen and oxygen atoms in total. The van der Waals surface area contributed by atoms with Crippen molar-refractivity contribution in [1.29, 1.82) is 0 Å². The molecule has 16 heteroatoms. The fourth-order valence-corrected chi connectivity index (χ4v) is 7.32. The molecule has 59 heavy (non-hydrogen) atoms. The van der Waals surface area contributed by atoms with Crippen molar-refractivity contribution < 1.29 is 54.2 Å². The highest BCUT2D eigenvalue weighted by Gasteiger charge is 2.39. The standard InChI is InChI=1S/C43H49F8N3O5/c1-6-9-10-11-14-27-18-30(44)17-26(4)39(27)29-19-32(40(45)34(20-29)43(49,50)51)35(22-38(56)59-8-3)52-41(57)36(13-7-2)54-23-28(33(21-37(54)55)42(46,47)48)15-12-16-53-24-31(25-53)58-5/h6-7,17-21,23,31,35-36H,1-2,8-16,22,24-25H2,3-5H3,(H,52,57)/t35-,36-/m0/s1. The summed E-state index contributed by atoms with van der Waals surface area (Å²) in [5, 5.41) is 2.40. The number of rotatable bonds is 20. The van der Waals surface area contributed by atoms with Crippen molar-refractivity contribution in [2.75, 3.05) is 33.4 Å². The molecule has 1 aliphatic rings. The first-order valence-corrected chi connectivity index (χ1v) is 19.3. The molecule has 4 rings (SSSR count). The second-order valence-corrected chi connectivity index (χ2v) is 14.5. The summed E-state index contributed by atoms with van der Waals surface area (Å²) in [5.74, 6) is -4.60. The van der Waals surface area contributed by atoms with Gasteiger partial charge in [-0.2, -0.15) is 26.3 Å². The smallest absolute Gasteiger partial charge is 0.419 e.